The van der Waals surface area contributed by atoms with Gasteiger partial charge in [0, 0.05) is 41.2 Å². The van der Waals surface area contributed by atoms with Gasteiger partial charge in [-0.3, -0.25) is 9.59 Å². The van der Waals surface area contributed by atoms with E-state index in [2.05, 4.69) is 11.1 Å². The van der Waals surface area contributed by atoms with E-state index in [0.717, 1.165) is 17.6 Å². The first kappa shape index (κ1) is 25.3. The van der Waals surface area contributed by atoms with E-state index < -0.39 is 17.1 Å². The van der Waals surface area contributed by atoms with Crippen molar-refractivity contribution >= 4 is 16.8 Å². The number of nitrogens with zero attached hydrogens (tertiary/aromatic N) is 1. The minimum absolute atomic E-state index is 0.00261. The molecule has 0 aliphatic carbocycles. The summed E-state index contributed by atoms with van der Waals surface area (Å²) in [6.45, 7) is 2.60. The molecule has 2 aromatic heterocycles. The molecule has 9 heteroatoms. The van der Waals surface area contributed by atoms with Crippen LogP contribution in [0, 0.1) is 6.92 Å². The second-order valence-corrected chi connectivity index (χ2v) is 9.31. The summed E-state index contributed by atoms with van der Waals surface area (Å²) in [7, 11) is 4.48. The maximum atomic E-state index is 13.8. The molecular formula is C29H30N2O7. The van der Waals surface area contributed by atoms with E-state index in [9.17, 15) is 14.7 Å². The molecule has 0 unspecified atom stereocenters. The van der Waals surface area contributed by atoms with Gasteiger partial charge in [-0.1, -0.05) is 24.3 Å². The van der Waals surface area contributed by atoms with E-state index >= 15 is 0 Å². The number of aromatic hydroxyl groups is 1. The van der Waals surface area contributed by atoms with Crippen molar-refractivity contribution in [3.8, 4) is 23.0 Å². The van der Waals surface area contributed by atoms with Crippen LogP contribution in [0.2, 0.25) is 0 Å². The SMILES string of the molecule is COc1ccc([C@H](CC(=O)N2CCc3c([nH]c4ccccc34)C2)c2oc(C)cc(=O)c2O)c(OC)c1OC. The predicted molar refractivity (Wildman–Crippen MR) is 141 cm³/mol. The standard InChI is InChI=1S/C29H30N2O7/c1-16-13-23(32)26(34)27(38-16)20(19-9-10-24(35-2)29(37-4)28(19)36-3)14-25(33)31-12-11-18-17-7-5-6-8-21(17)30-22(18)15-31/h5-10,13,20,30,34H,11-12,14-15H2,1-4H3/t20-/m0/s1. The Kier molecular flexibility index (Phi) is 6.75. The fourth-order valence-electron chi connectivity index (χ4n) is 5.31. The summed E-state index contributed by atoms with van der Waals surface area (Å²) < 4.78 is 22.5. The van der Waals surface area contributed by atoms with Crippen LogP contribution in [0.1, 0.15) is 40.7 Å². The van der Waals surface area contributed by atoms with Crippen molar-refractivity contribution in [2.45, 2.75) is 32.2 Å². The summed E-state index contributed by atoms with van der Waals surface area (Å²) in [4.78, 5) is 31.5. The summed E-state index contributed by atoms with van der Waals surface area (Å²) in [5.74, 6) is -0.103. The molecule has 1 atom stereocenters. The zero-order chi connectivity index (χ0) is 27.0. The number of aromatic nitrogens is 1. The number of aryl methyl sites for hydroxylation is 1. The van der Waals surface area contributed by atoms with E-state index in [0.29, 0.717) is 41.7 Å². The maximum Gasteiger partial charge on any atom is 0.227 e. The van der Waals surface area contributed by atoms with E-state index in [1.54, 1.807) is 24.0 Å². The van der Waals surface area contributed by atoms with Crippen molar-refractivity contribution in [1.82, 2.24) is 9.88 Å². The fourth-order valence-corrected chi connectivity index (χ4v) is 5.31. The number of methoxy groups -OCH3 is 3. The number of amides is 1. The topological polar surface area (TPSA) is 114 Å². The van der Waals surface area contributed by atoms with Gasteiger partial charge < -0.3 is 33.6 Å². The first-order valence-corrected chi connectivity index (χ1v) is 12.3. The summed E-state index contributed by atoms with van der Waals surface area (Å²) in [5.41, 5.74) is 3.22. The minimum atomic E-state index is -0.825. The molecule has 1 amide bonds. The third kappa shape index (κ3) is 4.34. The van der Waals surface area contributed by atoms with Crippen molar-refractivity contribution in [3.05, 3.63) is 81.0 Å². The van der Waals surface area contributed by atoms with Crippen LogP contribution in [0.4, 0.5) is 0 Å². The number of aromatic amines is 1. The Hall–Kier alpha value is -4.40. The molecule has 5 rings (SSSR count). The van der Waals surface area contributed by atoms with Crippen LogP contribution in [-0.2, 0) is 17.8 Å². The van der Waals surface area contributed by atoms with Gasteiger partial charge in [0.25, 0.3) is 0 Å². The number of hydrogen-bond donors (Lipinski definition) is 2. The molecule has 1 aliphatic rings. The molecule has 0 saturated carbocycles. The number of para-hydroxylation sites is 1. The molecule has 0 fully saturated rings. The van der Waals surface area contributed by atoms with Crippen LogP contribution in [0.3, 0.4) is 0 Å². The average Bonchev–Trinajstić information content (AvgIpc) is 3.30. The molecule has 0 spiro atoms. The molecule has 0 bridgehead atoms. The minimum Gasteiger partial charge on any atom is -0.502 e. The van der Waals surface area contributed by atoms with Crippen molar-refractivity contribution in [2.75, 3.05) is 27.9 Å². The Morgan fingerprint density at radius 1 is 1.11 bits per heavy atom. The highest BCUT2D eigenvalue weighted by molar-refractivity contribution is 5.86. The molecule has 3 heterocycles. The number of ether oxygens (including phenoxy) is 3. The van der Waals surface area contributed by atoms with Gasteiger partial charge in [0.1, 0.15) is 5.76 Å². The Morgan fingerprint density at radius 3 is 2.61 bits per heavy atom. The van der Waals surface area contributed by atoms with E-state index in [1.165, 1.54) is 38.3 Å². The molecule has 2 aromatic carbocycles. The van der Waals surface area contributed by atoms with Gasteiger partial charge in [0.2, 0.25) is 22.8 Å². The lowest BCUT2D eigenvalue weighted by molar-refractivity contribution is -0.132. The van der Waals surface area contributed by atoms with Crippen molar-refractivity contribution in [1.29, 1.82) is 0 Å². The first-order chi connectivity index (χ1) is 18.4. The molecule has 1 aliphatic heterocycles. The van der Waals surface area contributed by atoms with Crippen LogP contribution in [0.25, 0.3) is 10.9 Å². The lowest BCUT2D eigenvalue weighted by Gasteiger charge is -2.29. The van der Waals surface area contributed by atoms with Gasteiger partial charge in [0.05, 0.1) is 33.8 Å². The molecule has 9 nitrogen and oxygen atoms in total. The summed E-state index contributed by atoms with van der Waals surface area (Å²) >= 11 is 0. The number of benzene rings is 2. The molecule has 4 aromatic rings. The van der Waals surface area contributed by atoms with Crippen LogP contribution >= 0.6 is 0 Å². The fraction of sp³-hybridized carbons (Fsp3) is 0.310. The Bertz CT molecular complexity index is 1570. The Balaban J connectivity index is 1.55. The van der Waals surface area contributed by atoms with Crippen molar-refractivity contribution in [3.63, 3.8) is 0 Å². The van der Waals surface area contributed by atoms with Crippen LogP contribution in [0.15, 0.2) is 51.7 Å². The highest BCUT2D eigenvalue weighted by Crippen LogP contribution is 2.46. The van der Waals surface area contributed by atoms with Gasteiger partial charge in [0.15, 0.2) is 17.3 Å². The van der Waals surface area contributed by atoms with Crippen LogP contribution in [-0.4, -0.2) is 48.8 Å². The molecule has 0 saturated heterocycles. The Labute approximate surface area is 219 Å². The smallest absolute Gasteiger partial charge is 0.227 e. The molecule has 38 heavy (non-hydrogen) atoms. The second-order valence-electron chi connectivity index (χ2n) is 9.31. The second kappa shape index (κ2) is 10.2. The van der Waals surface area contributed by atoms with Crippen molar-refractivity contribution < 1.29 is 28.5 Å². The summed E-state index contributed by atoms with van der Waals surface area (Å²) in [5, 5.41) is 11.9. The third-order valence-electron chi connectivity index (χ3n) is 7.11. The van der Waals surface area contributed by atoms with Gasteiger partial charge in [-0.2, -0.15) is 0 Å². The normalized spacial score (nSPS) is 13.7. The molecule has 0 radical (unpaired) electrons. The number of fused-ring (bicyclic) bond motifs is 3. The van der Waals surface area contributed by atoms with E-state index in [1.807, 2.05) is 18.2 Å². The lowest BCUT2D eigenvalue weighted by Crippen LogP contribution is -2.36. The summed E-state index contributed by atoms with van der Waals surface area (Å²) in [6, 6.07) is 12.7. The number of carbonyl (C=O) groups excluding carboxylic acids is 1. The lowest BCUT2D eigenvalue weighted by atomic mass is 9.90. The predicted octanol–water partition coefficient (Wildman–Crippen LogP) is 4.27. The average molecular weight is 519 g/mol. The Morgan fingerprint density at radius 2 is 1.87 bits per heavy atom. The largest absolute Gasteiger partial charge is 0.502 e. The van der Waals surface area contributed by atoms with Crippen molar-refractivity contribution in [2.24, 2.45) is 0 Å². The summed E-state index contributed by atoms with van der Waals surface area (Å²) in [6.07, 6.45) is 0.654. The van der Waals surface area contributed by atoms with Gasteiger partial charge >= 0.3 is 0 Å². The number of H-pyrrole nitrogens is 1. The highest BCUT2D eigenvalue weighted by Gasteiger charge is 2.33. The van der Waals surface area contributed by atoms with Gasteiger partial charge in [-0.05, 0) is 31.0 Å². The zero-order valence-corrected chi connectivity index (χ0v) is 21.8. The zero-order valence-electron chi connectivity index (χ0n) is 21.8. The number of hydrogen-bond acceptors (Lipinski definition) is 7. The number of rotatable bonds is 7. The third-order valence-corrected chi connectivity index (χ3v) is 7.11. The maximum absolute atomic E-state index is 13.8. The quantitative estimate of drug-likeness (QED) is 0.376. The monoisotopic (exact) mass is 518 g/mol. The highest BCUT2D eigenvalue weighted by atomic mass is 16.5. The van der Waals surface area contributed by atoms with Gasteiger partial charge in [-0.15, -0.1) is 0 Å². The van der Waals surface area contributed by atoms with E-state index in [4.69, 9.17) is 18.6 Å². The van der Waals surface area contributed by atoms with E-state index in [-0.39, 0.29) is 18.1 Å². The first-order valence-electron chi connectivity index (χ1n) is 12.3. The number of carbonyl (C=O) groups is 1. The van der Waals surface area contributed by atoms with Crippen LogP contribution in [0.5, 0.6) is 23.0 Å². The molecule has 198 valence electrons. The molecule has 2 N–H and O–H groups in total. The molecular weight excluding hydrogens is 488 g/mol. The number of nitrogens with one attached hydrogen (secondary N) is 1. The van der Waals surface area contributed by atoms with Crippen LogP contribution < -0.4 is 19.6 Å². The van der Waals surface area contributed by atoms with Gasteiger partial charge in [-0.25, -0.2) is 0 Å².